The lowest BCUT2D eigenvalue weighted by molar-refractivity contribution is -0.122. The second-order valence-electron chi connectivity index (χ2n) is 5.34. The lowest BCUT2D eigenvalue weighted by Gasteiger charge is -2.16. The normalized spacial score (nSPS) is 12.1. The summed E-state index contributed by atoms with van der Waals surface area (Å²) in [6.07, 6.45) is -0.297. The Labute approximate surface area is 151 Å². The SMILES string of the molecule is COc1ccc(O[C@H](C)C(=O)Nc2ccc(S(N)(=O)=O)cc2)c(C=O)c1. The zero-order chi connectivity index (χ0) is 19.3. The summed E-state index contributed by atoms with van der Waals surface area (Å²) < 4.78 is 33.0. The maximum Gasteiger partial charge on any atom is 0.265 e. The van der Waals surface area contributed by atoms with E-state index in [0.717, 1.165) is 0 Å². The monoisotopic (exact) mass is 378 g/mol. The van der Waals surface area contributed by atoms with Gasteiger partial charge in [0.15, 0.2) is 12.4 Å². The van der Waals surface area contributed by atoms with Crippen molar-refractivity contribution in [3.05, 3.63) is 48.0 Å². The molecule has 2 aromatic rings. The van der Waals surface area contributed by atoms with E-state index in [9.17, 15) is 18.0 Å². The van der Waals surface area contributed by atoms with Crippen LogP contribution >= 0.6 is 0 Å². The number of aldehydes is 1. The second kappa shape index (κ2) is 7.98. The van der Waals surface area contributed by atoms with Gasteiger partial charge in [-0.25, -0.2) is 13.6 Å². The Bertz CT molecular complexity index is 909. The summed E-state index contributed by atoms with van der Waals surface area (Å²) in [7, 11) is -2.33. The fourth-order valence-electron chi connectivity index (χ4n) is 2.07. The van der Waals surface area contributed by atoms with E-state index in [2.05, 4.69) is 5.32 Å². The van der Waals surface area contributed by atoms with Gasteiger partial charge in [0.25, 0.3) is 5.91 Å². The van der Waals surface area contributed by atoms with Crippen molar-refractivity contribution >= 4 is 27.9 Å². The van der Waals surface area contributed by atoms with Crippen LogP contribution in [-0.4, -0.2) is 33.8 Å². The molecule has 3 N–H and O–H groups in total. The van der Waals surface area contributed by atoms with Crippen LogP contribution in [0.5, 0.6) is 11.5 Å². The fraction of sp³-hybridized carbons (Fsp3) is 0.176. The fourth-order valence-corrected chi connectivity index (χ4v) is 2.58. The highest BCUT2D eigenvalue weighted by Crippen LogP contribution is 2.24. The number of anilines is 1. The average molecular weight is 378 g/mol. The standard InChI is InChI=1S/C17H18N2O6S/c1-11(25-16-8-5-14(24-2)9-12(16)10-20)17(21)19-13-3-6-15(7-4-13)26(18,22)23/h3-11H,1-2H3,(H,19,21)(H2,18,22,23)/t11-/m1/s1. The molecule has 1 atom stereocenters. The van der Waals surface area contributed by atoms with Crippen LogP contribution in [0.1, 0.15) is 17.3 Å². The minimum Gasteiger partial charge on any atom is -0.497 e. The number of primary sulfonamides is 1. The first-order chi connectivity index (χ1) is 12.2. The highest BCUT2D eigenvalue weighted by atomic mass is 32.2. The predicted molar refractivity (Wildman–Crippen MR) is 94.9 cm³/mol. The van der Waals surface area contributed by atoms with Crippen molar-refractivity contribution < 1.29 is 27.5 Å². The predicted octanol–water partition coefficient (Wildman–Crippen LogP) is 1.56. The second-order valence-corrected chi connectivity index (χ2v) is 6.90. The van der Waals surface area contributed by atoms with E-state index >= 15 is 0 Å². The molecule has 0 aliphatic carbocycles. The molecule has 0 saturated carbocycles. The Balaban J connectivity index is 2.07. The van der Waals surface area contributed by atoms with Gasteiger partial charge in [-0.15, -0.1) is 0 Å². The zero-order valence-corrected chi connectivity index (χ0v) is 14.9. The Kier molecular flexibility index (Phi) is 5.96. The maximum absolute atomic E-state index is 12.2. The van der Waals surface area contributed by atoms with Crippen LogP contribution in [-0.2, 0) is 14.8 Å². The van der Waals surface area contributed by atoms with Crippen molar-refractivity contribution in [1.29, 1.82) is 0 Å². The van der Waals surface area contributed by atoms with Crippen LogP contribution in [0.2, 0.25) is 0 Å². The van der Waals surface area contributed by atoms with Gasteiger partial charge in [-0.1, -0.05) is 0 Å². The highest BCUT2D eigenvalue weighted by molar-refractivity contribution is 7.89. The first kappa shape index (κ1) is 19.4. The van der Waals surface area contributed by atoms with E-state index in [1.807, 2.05) is 0 Å². The average Bonchev–Trinajstić information content (AvgIpc) is 2.61. The van der Waals surface area contributed by atoms with Crippen LogP contribution in [0.3, 0.4) is 0 Å². The van der Waals surface area contributed by atoms with Crippen molar-refractivity contribution in [1.82, 2.24) is 0 Å². The van der Waals surface area contributed by atoms with Crippen molar-refractivity contribution in [2.75, 3.05) is 12.4 Å². The van der Waals surface area contributed by atoms with Gasteiger partial charge in [-0.3, -0.25) is 9.59 Å². The van der Waals surface area contributed by atoms with Gasteiger partial charge in [0.1, 0.15) is 11.5 Å². The molecule has 26 heavy (non-hydrogen) atoms. The van der Waals surface area contributed by atoms with Gasteiger partial charge in [0.05, 0.1) is 17.6 Å². The molecule has 0 heterocycles. The Morgan fingerprint density at radius 3 is 2.38 bits per heavy atom. The van der Waals surface area contributed by atoms with Crippen molar-refractivity contribution in [2.45, 2.75) is 17.9 Å². The zero-order valence-electron chi connectivity index (χ0n) is 14.1. The van der Waals surface area contributed by atoms with E-state index in [4.69, 9.17) is 14.6 Å². The number of hydrogen-bond donors (Lipinski definition) is 2. The minimum absolute atomic E-state index is 0.0614. The maximum atomic E-state index is 12.2. The molecule has 138 valence electrons. The number of carbonyl (C=O) groups excluding carboxylic acids is 2. The third-order valence-electron chi connectivity index (χ3n) is 3.47. The molecule has 0 saturated heterocycles. The summed E-state index contributed by atoms with van der Waals surface area (Å²) in [5, 5.41) is 7.61. The molecule has 9 heteroatoms. The molecule has 0 aromatic heterocycles. The number of carbonyl (C=O) groups is 2. The molecule has 0 unspecified atom stereocenters. The van der Waals surface area contributed by atoms with Crippen LogP contribution in [0.25, 0.3) is 0 Å². The summed E-state index contributed by atoms with van der Waals surface area (Å²) >= 11 is 0. The van der Waals surface area contributed by atoms with Gasteiger partial charge in [0, 0.05) is 5.69 Å². The van der Waals surface area contributed by atoms with E-state index in [0.29, 0.717) is 17.7 Å². The summed E-state index contributed by atoms with van der Waals surface area (Å²) in [4.78, 5) is 23.3. The summed E-state index contributed by atoms with van der Waals surface area (Å²) in [5.41, 5.74) is 0.629. The van der Waals surface area contributed by atoms with Gasteiger partial charge >= 0.3 is 0 Å². The highest BCUT2D eigenvalue weighted by Gasteiger charge is 2.17. The molecule has 1 amide bonds. The van der Waals surface area contributed by atoms with Crippen LogP contribution in [0.15, 0.2) is 47.4 Å². The van der Waals surface area contributed by atoms with Crippen LogP contribution in [0, 0.1) is 0 Å². The quantitative estimate of drug-likeness (QED) is 0.705. The summed E-state index contributed by atoms with van der Waals surface area (Å²) in [6.45, 7) is 1.52. The van der Waals surface area contributed by atoms with E-state index < -0.39 is 22.0 Å². The third-order valence-corrected chi connectivity index (χ3v) is 4.40. The van der Waals surface area contributed by atoms with E-state index in [1.165, 1.54) is 50.4 Å². The number of nitrogens with one attached hydrogen (secondary N) is 1. The molecule has 0 fully saturated rings. The van der Waals surface area contributed by atoms with Gasteiger partial charge in [-0.05, 0) is 49.4 Å². The Morgan fingerprint density at radius 1 is 1.19 bits per heavy atom. The number of benzene rings is 2. The first-order valence-corrected chi connectivity index (χ1v) is 9.03. The molecule has 0 spiro atoms. The number of amides is 1. The first-order valence-electron chi connectivity index (χ1n) is 7.48. The van der Waals surface area contributed by atoms with Crippen LogP contribution < -0.4 is 19.9 Å². The number of nitrogens with two attached hydrogens (primary N) is 1. The Hall–Kier alpha value is -2.91. The van der Waals surface area contributed by atoms with Crippen molar-refractivity contribution in [3.8, 4) is 11.5 Å². The lowest BCUT2D eigenvalue weighted by Crippen LogP contribution is -2.30. The summed E-state index contributed by atoms with van der Waals surface area (Å²) in [6, 6.07) is 10.0. The van der Waals surface area contributed by atoms with E-state index in [1.54, 1.807) is 6.07 Å². The largest absolute Gasteiger partial charge is 0.497 e. The van der Waals surface area contributed by atoms with Crippen LogP contribution in [0.4, 0.5) is 5.69 Å². The van der Waals surface area contributed by atoms with Gasteiger partial charge < -0.3 is 14.8 Å². The van der Waals surface area contributed by atoms with Gasteiger partial charge in [0.2, 0.25) is 10.0 Å². The third kappa shape index (κ3) is 4.80. The molecular weight excluding hydrogens is 360 g/mol. The van der Waals surface area contributed by atoms with E-state index in [-0.39, 0.29) is 16.2 Å². The minimum atomic E-state index is -3.80. The molecule has 0 bridgehead atoms. The smallest absolute Gasteiger partial charge is 0.265 e. The molecule has 2 aromatic carbocycles. The van der Waals surface area contributed by atoms with Gasteiger partial charge in [-0.2, -0.15) is 0 Å². The molecule has 0 aliphatic heterocycles. The molecular formula is C17H18N2O6S. The Morgan fingerprint density at radius 2 is 1.85 bits per heavy atom. The van der Waals surface area contributed by atoms with Crippen molar-refractivity contribution in [2.24, 2.45) is 5.14 Å². The molecule has 8 nitrogen and oxygen atoms in total. The molecule has 0 radical (unpaired) electrons. The number of ether oxygens (including phenoxy) is 2. The summed E-state index contributed by atoms with van der Waals surface area (Å²) in [5.74, 6) is 0.264. The number of methoxy groups -OCH3 is 1. The molecule has 0 aliphatic rings. The van der Waals surface area contributed by atoms with Crippen molar-refractivity contribution in [3.63, 3.8) is 0 Å². The topological polar surface area (TPSA) is 125 Å². The number of sulfonamides is 1. The lowest BCUT2D eigenvalue weighted by atomic mass is 10.2. The number of hydrogen-bond acceptors (Lipinski definition) is 6. The number of rotatable bonds is 7. The molecule has 2 rings (SSSR count).